The lowest BCUT2D eigenvalue weighted by Crippen LogP contribution is -2.37. The van der Waals surface area contributed by atoms with Crippen LogP contribution in [0.25, 0.3) is 0 Å². The highest BCUT2D eigenvalue weighted by Crippen LogP contribution is 2.12. The summed E-state index contributed by atoms with van der Waals surface area (Å²) in [6.45, 7) is 2.48. The first-order chi connectivity index (χ1) is 9.02. The van der Waals surface area contributed by atoms with Gasteiger partial charge in [-0.1, -0.05) is 23.7 Å². The van der Waals surface area contributed by atoms with E-state index in [4.69, 9.17) is 17.3 Å². The first kappa shape index (κ1) is 16.0. The van der Waals surface area contributed by atoms with Crippen LogP contribution in [0.3, 0.4) is 0 Å². The molecule has 0 fully saturated rings. The summed E-state index contributed by atoms with van der Waals surface area (Å²) in [5.74, 6) is 0.0968. The summed E-state index contributed by atoms with van der Waals surface area (Å²) < 4.78 is 0. The highest BCUT2D eigenvalue weighted by Gasteiger charge is 2.11. The molecule has 106 valence electrons. The van der Waals surface area contributed by atoms with E-state index in [1.165, 1.54) is 0 Å². The molecule has 1 rings (SSSR count). The van der Waals surface area contributed by atoms with E-state index < -0.39 is 0 Å². The minimum atomic E-state index is 0.0968. The van der Waals surface area contributed by atoms with Crippen molar-refractivity contribution in [2.75, 3.05) is 33.7 Å². The number of hydrogen-bond donors (Lipinski definition) is 1. The Bertz CT molecular complexity index is 411. The van der Waals surface area contributed by atoms with Crippen LogP contribution in [0.2, 0.25) is 5.02 Å². The molecule has 0 saturated carbocycles. The van der Waals surface area contributed by atoms with Crippen LogP contribution in [-0.2, 0) is 11.3 Å². The lowest BCUT2D eigenvalue weighted by molar-refractivity contribution is -0.131. The fourth-order valence-corrected chi connectivity index (χ4v) is 2.00. The maximum atomic E-state index is 12.0. The van der Waals surface area contributed by atoms with Gasteiger partial charge in [0.25, 0.3) is 0 Å². The molecule has 0 spiro atoms. The van der Waals surface area contributed by atoms with Gasteiger partial charge in [0.15, 0.2) is 0 Å². The predicted octanol–water partition coefficient (Wildman–Crippen LogP) is 1.58. The zero-order chi connectivity index (χ0) is 14.3. The first-order valence-electron chi connectivity index (χ1n) is 6.40. The van der Waals surface area contributed by atoms with E-state index >= 15 is 0 Å². The smallest absolute Gasteiger partial charge is 0.236 e. The van der Waals surface area contributed by atoms with E-state index in [1.54, 1.807) is 11.9 Å². The standard InChI is InChI=1S/C14H22ClN3O/c1-17(8-4-7-16)11-14(19)18(2)10-12-5-3-6-13(15)9-12/h3,5-6,9H,4,7-8,10-11,16H2,1-2H3. The lowest BCUT2D eigenvalue weighted by atomic mass is 10.2. The Hall–Kier alpha value is -1.10. The van der Waals surface area contributed by atoms with Crippen molar-refractivity contribution in [2.24, 2.45) is 5.73 Å². The molecule has 0 unspecified atom stereocenters. The van der Waals surface area contributed by atoms with Crippen molar-refractivity contribution < 1.29 is 4.79 Å². The van der Waals surface area contributed by atoms with E-state index in [0.29, 0.717) is 24.7 Å². The zero-order valence-electron chi connectivity index (χ0n) is 11.6. The van der Waals surface area contributed by atoms with E-state index in [9.17, 15) is 4.79 Å². The normalized spacial score (nSPS) is 10.8. The van der Waals surface area contributed by atoms with Gasteiger partial charge in [-0.15, -0.1) is 0 Å². The molecular weight excluding hydrogens is 262 g/mol. The molecule has 0 aromatic heterocycles. The molecule has 0 atom stereocenters. The van der Waals surface area contributed by atoms with Crippen molar-refractivity contribution in [1.29, 1.82) is 0 Å². The van der Waals surface area contributed by atoms with Crippen LogP contribution in [0.5, 0.6) is 0 Å². The Morgan fingerprint density at radius 3 is 2.74 bits per heavy atom. The molecule has 0 aliphatic carbocycles. The van der Waals surface area contributed by atoms with E-state index in [-0.39, 0.29) is 5.91 Å². The van der Waals surface area contributed by atoms with Crippen molar-refractivity contribution in [1.82, 2.24) is 9.80 Å². The molecule has 0 heterocycles. The summed E-state index contributed by atoms with van der Waals surface area (Å²) in [6, 6.07) is 7.56. The van der Waals surface area contributed by atoms with Crippen molar-refractivity contribution in [3.05, 3.63) is 34.9 Å². The number of likely N-dealkylation sites (N-methyl/N-ethyl adjacent to an activating group) is 2. The third-order valence-electron chi connectivity index (χ3n) is 2.88. The maximum Gasteiger partial charge on any atom is 0.236 e. The molecule has 1 aromatic carbocycles. The van der Waals surface area contributed by atoms with Crippen molar-refractivity contribution in [2.45, 2.75) is 13.0 Å². The first-order valence-corrected chi connectivity index (χ1v) is 6.77. The van der Waals surface area contributed by atoms with Crippen LogP contribution in [-0.4, -0.2) is 49.4 Å². The van der Waals surface area contributed by atoms with E-state index in [2.05, 4.69) is 0 Å². The van der Waals surface area contributed by atoms with Crippen molar-refractivity contribution in [3.8, 4) is 0 Å². The summed E-state index contributed by atoms with van der Waals surface area (Å²) in [7, 11) is 3.74. The van der Waals surface area contributed by atoms with Gasteiger partial charge in [-0.3, -0.25) is 9.69 Å². The molecule has 19 heavy (non-hydrogen) atoms. The molecule has 4 nitrogen and oxygen atoms in total. The van der Waals surface area contributed by atoms with Gasteiger partial charge in [0.05, 0.1) is 6.54 Å². The van der Waals surface area contributed by atoms with Gasteiger partial charge in [-0.2, -0.15) is 0 Å². The second-order valence-electron chi connectivity index (χ2n) is 4.76. The van der Waals surface area contributed by atoms with Gasteiger partial charge in [-0.25, -0.2) is 0 Å². The largest absolute Gasteiger partial charge is 0.340 e. The van der Waals surface area contributed by atoms with Gasteiger partial charge < -0.3 is 10.6 Å². The summed E-state index contributed by atoms with van der Waals surface area (Å²) in [5.41, 5.74) is 6.48. The molecule has 0 aliphatic heterocycles. The van der Waals surface area contributed by atoms with Crippen molar-refractivity contribution >= 4 is 17.5 Å². The van der Waals surface area contributed by atoms with Crippen LogP contribution in [0.4, 0.5) is 0 Å². The van der Waals surface area contributed by atoms with Gasteiger partial charge in [0, 0.05) is 18.6 Å². The molecule has 0 bridgehead atoms. The Kier molecular flexibility index (Phi) is 6.84. The highest BCUT2D eigenvalue weighted by molar-refractivity contribution is 6.30. The van der Waals surface area contributed by atoms with Gasteiger partial charge >= 0.3 is 0 Å². The van der Waals surface area contributed by atoms with Gasteiger partial charge in [0.2, 0.25) is 5.91 Å². The zero-order valence-corrected chi connectivity index (χ0v) is 12.4. The lowest BCUT2D eigenvalue weighted by Gasteiger charge is -2.22. The number of carbonyl (C=O) groups is 1. The van der Waals surface area contributed by atoms with E-state index in [1.807, 2.05) is 36.2 Å². The quantitative estimate of drug-likeness (QED) is 0.827. The number of nitrogens with zero attached hydrogens (tertiary/aromatic N) is 2. The number of hydrogen-bond acceptors (Lipinski definition) is 3. The third-order valence-corrected chi connectivity index (χ3v) is 3.12. The Morgan fingerprint density at radius 1 is 1.37 bits per heavy atom. The second-order valence-corrected chi connectivity index (χ2v) is 5.20. The minimum Gasteiger partial charge on any atom is -0.340 e. The second kappa shape index (κ2) is 8.15. The topological polar surface area (TPSA) is 49.6 Å². The molecule has 1 amide bonds. The van der Waals surface area contributed by atoms with Crippen LogP contribution >= 0.6 is 11.6 Å². The Morgan fingerprint density at radius 2 is 2.11 bits per heavy atom. The molecule has 0 aliphatic rings. The Labute approximate surface area is 120 Å². The van der Waals surface area contributed by atoms with Crippen molar-refractivity contribution in [3.63, 3.8) is 0 Å². The van der Waals surface area contributed by atoms with Crippen LogP contribution in [0.15, 0.2) is 24.3 Å². The molecular formula is C14H22ClN3O. The van der Waals surface area contributed by atoms with Crippen LogP contribution < -0.4 is 5.73 Å². The summed E-state index contributed by atoms with van der Waals surface area (Å²) in [5, 5.41) is 0.693. The maximum absolute atomic E-state index is 12.0. The highest BCUT2D eigenvalue weighted by atomic mass is 35.5. The monoisotopic (exact) mass is 283 g/mol. The van der Waals surface area contributed by atoms with Gasteiger partial charge in [-0.05, 0) is 44.3 Å². The van der Waals surface area contributed by atoms with E-state index in [0.717, 1.165) is 18.5 Å². The summed E-state index contributed by atoms with van der Waals surface area (Å²) >= 11 is 5.93. The average molecular weight is 284 g/mol. The summed E-state index contributed by atoms with van der Waals surface area (Å²) in [6.07, 6.45) is 0.905. The molecule has 0 radical (unpaired) electrons. The number of carbonyl (C=O) groups excluding carboxylic acids is 1. The number of benzene rings is 1. The predicted molar refractivity (Wildman–Crippen MR) is 79.1 cm³/mol. The molecule has 1 aromatic rings. The average Bonchev–Trinajstić information content (AvgIpc) is 2.36. The number of amides is 1. The molecule has 5 heteroatoms. The Balaban J connectivity index is 2.44. The van der Waals surface area contributed by atoms with Crippen LogP contribution in [0.1, 0.15) is 12.0 Å². The fraction of sp³-hybridized carbons (Fsp3) is 0.500. The summed E-state index contributed by atoms with van der Waals surface area (Å²) in [4.78, 5) is 15.7. The van der Waals surface area contributed by atoms with Crippen LogP contribution in [0, 0.1) is 0 Å². The SMILES string of the molecule is CN(CCCN)CC(=O)N(C)Cc1cccc(Cl)c1. The number of halogens is 1. The fourth-order valence-electron chi connectivity index (χ4n) is 1.79. The minimum absolute atomic E-state index is 0.0968. The number of rotatable bonds is 7. The van der Waals surface area contributed by atoms with Gasteiger partial charge in [0.1, 0.15) is 0 Å². The molecule has 2 N–H and O–H groups in total. The number of nitrogens with two attached hydrogens (primary N) is 1. The molecule has 0 saturated heterocycles. The third kappa shape index (κ3) is 6.05.